The number of azo groups is 1. The summed E-state index contributed by atoms with van der Waals surface area (Å²) in [5, 5.41) is 6.68. The predicted octanol–water partition coefficient (Wildman–Crippen LogP) is 2.69. The van der Waals surface area contributed by atoms with E-state index in [0.29, 0.717) is 11.3 Å². The molecule has 1 heterocycles. The SMILES string of the molecule is FC1=CC2=CN=NC2=C[C@@H]1Cl. The highest BCUT2D eigenvalue weighted by atomic mass is 35.5. The second kappa shape index (κ2) is 2.27. The van der Waals surface area contributed by atoms with Gasteiger partial charge in [-0.3, -0.25) is 0 Å². The second-order valence-electron chi connectivity index (χ2n) is 2.28. The average molecular weight is 171 g/mol. The molecule has 0 N–H and O–H groups in total. The van der Waals surface area contributed by atoms with Crippen molar-refractivity contribution < 1.29 is 4.39 Å². The fourth-order valence-corrected chi connectivity index (χ4v) is 1.15. The molecule has 0 unspecified atom stereocenters. The molecule has 0 amide bonds. The summed E-state index contributed by atoms with van der Waals surface area (Å²) in [5.41, 5.74) is 1.35. The molecule has 2 nitrogen and oxygen atoms in total. The molecule has 0 fully saturated rings. The van der Waals surface area contributed by atoms with Crippen LogP contribution in [-0.4, -0.2) is 5.38 Å². The van der Waals surface area contributed by atoms with Crippen LogP contribution in [0.5, 0.6) is 0 Å². The summed E-state index contributed by atoms with van der Waals surface area (Å²) in [5.74, 6) is -0.353. The van der Waals surface area contributed by atoms with Gasteiger partial charge in [0.25, 0.3) is 0 Å². The van der Waals surface area contributed by atoms with Crippen LogP contribution in [0.4, 0.5) is 4.39 Å². The molecule has 0 aromatic heterocycles. The van der Waals surface area contributed by atoms with Gasteiger partial charge < -0.3 is 0 Å². The molecule has 2 rings (SSSR count). The van der Waals surface area contributed by atoms with Crippen molar-refractivity contribution in [2.24, 2.45) is 10.2 Å². The van der Waals surface area contributed by atoms with E-state index in [-0.39, 0.29) is 5.83 Å². The van der Waals surface area contributed by atoms with Gasteiger partial charge in [0.2, 0.25) is 0 Å². The van der Waals surface area contributed by atoms with Gasteiger partial charge in [0.1, 0.15) is 11.2 Å². The third-order valence-corrected chi connectivity index (χ3v) is 1.85. The van der Waals surface area contributed by atoms with Gasteiger partial charge in [0.15, 0.2) is 0 Å². The Kier molecular flexibility index (Phi) is 1.39. The lowest BCUT2D eigenvalue weighted by molar-refractivity contribution is 0.616. The van der Waals surface area contributed by atoms with Gasteiger partial charge in [-0.15, -0.1) is 11.6 Å². The lowest BCUT2D eigenvalue weighted by atomic mass is 10.1. The van der Waals surface area contributed by atoms with Gasteiger partial charge in [-0.1, -0.05) is 0 Å². The molecule has 2 aliphatic rings. The van der Waals surface area contributed by atoms with Crippen LogP contribution in [-0.2, 0) is 0 Å². The highest BCUT2D eigenvalue weighted by Gasteiger charge is 2.19. The third kappa shape index (κ3) is 1.01. The van der Waals surface area contributed by atoms with Crippen LogP contribution >= 0.6 is 11.6 Å². The first-order valence-corrected chi connectivity index (χ1v) is 3.55. The Bertz CT molecular complexity index is 314. The average Bonchev–Trinajstić information content (AvgIpc) is 2.36. The van der Waals surface area contributed by atoms with Gasteiger partial charge in [-0.2, -0.15) is 10.2 Å². The Labute approximate surface area is 67.8 Å². The van der Waals surface area contributed by atoms with Crippen molar-refractivity contribution in [2.75, 3.05) is 0 Å². The van der Waals surface area contributed by atoms with Crippen LogP contribution < -0.4 is 0 Å². The van der Waals surface area contributed by atoms with Crippen molar-refractivity contribution in [2.45, 2.75) is 5.38 Å². The molecular formula is C7H4ClFN2. The zero-order valence-corrected chi connectivity index (χ0v) is 6.22. The number of fused-ring (bicyclic) bond motifs is 1. The van der Waals surface area contributed by atoms with E-state index in [9.17, 15) is 4.39 Å². The highest BCUT2D eigenvalue weighted by Crippen LogP contribution is 2.30. The summed E-state index contributed by atoms with van der Waals surface area (Å²) >= 11 is 5.59. The predicted molar refractivity (Wildman–Crippen MR) is 39.9 cm³/mol. The summed E-state index contributed by atoms with van der Waals surface area (Å²) in [4.78, 5) is 0. The van der Waals surface area contributed by atoms with Crippen LogP contribution in [0.15, 0.2) is 45.7 Å². The van der Waals surface area contributed by atoms with E-state index in [0.717, 1.165) is 0 Å². The van der Waals surface area contributed by atoms with E-state index >= 15 is 0 Å². The molecule has 56 valence electrons. The van der Waals surface area contributed by atoms with Gasteiger partial charge in [-0.25, -0.2) is 4.39 Å². The third-order valence-electron chi connectivity index (χ3n) is 1.52. The second-order valence-corrected chi connectivity index (χ2v) is 2.75. The molecule has 11 heavy (non-hydrogen) atoms. The van der Waals surface area contributed by atoms with Crippen molar-refractivity contribution in [3.05, 3.63) is 35.4 Å². The van der Waals surface area contributed by atoms with Crippen LogP contribution in [0.3, 0.4) is 0 Å². The zero-order chi connectivity index (χ0) is 7.84. The van der Waals surface area contributed by atoms with Gasteiger partial charge in [0, 0.05) is 5.57 Å². The van der Waals surface area contributed by atoms with E-state index in [1.54, 1.807) is 6.08 Å². The number of alkyl halides is 1. The first kappa shape index (κ1) is 6.73. The smallest absolute Gasteiger partial charge is 0.122 e. The topological polar surface area (TPSA) is 24.7 Å². The number of halogens is 2. The lowest BCUT2D eigenvalue weighted by Gasteiger charge is -2.08. The summed E-state index contributed by atoms with van der Waals surface area (Å²) in [6, 6.07) is 0. The number of nitrogens with zero attached hydrogens (tertiary/aromatic N) is 2. The molecule has 0 saturated heterocycles. The van der Waals surface area contributed by atoms with E-state index in [1.807, 2.05) is 0 Å². The summed E-state index contributed by atoms with van der Waals surface area (Å²) in [6.45, 7) is 0. The highest BCUT2D eigenvalue weighted by molar-refractivity contribution is 6.23. The summed E-state index contributed by atoms with van der Waals surface area (Å²) < 4.78 is 12.8. The summed E-state index contributed by atoms with van der Waals surface area (Å²) in [7, 11) is 0. The van der Waals surface area contributed by atoms with Crippen molar-refractivity contribution in [1.82, 2.24) is 0 Å². The summed E-state index contributed by atoms with van der Waals surface area (Å²) in [6.07, 6.45) is 4.40. The normalized spacial score (nSPS) is 27.5. The Morgan fingerprint density at radius 3 is 3.18 bits per heavy atom. The van der Waals surface area contributed by atoms with E-state index < -0.39 is 5.38 Å². The Balaban J connectivity index is 2.43. The number of rotatable bonds is 0. The van der Waals surface area contributed by atoms with Crippen LogP contribution in [0.1, 0.15) is 0 Å². The van der Waals surface area contributed by atoms with Crippen molar-refractivity contribution in [1.29, 1.82) is 0 Å². The maximum atomic E-state index is 12.8. The van der Waals surface area contributed by atoms with Crippen molar-refractivity contribution in [3.63, 3.8) is 0 Å². The molecule has 1 aliphatic heterocycles. The maximum Gasteiger partial charge on any atom is 0.122 e. The van der Waals surface area contributed by atoms with Gasteiger partial charge >= 0.3 is 0 Å². The number of hydrogen-bond donors (Lipinski definition) is 0. The molecular weight excluding hydrogens is 167 g/mol. The molecule has 4 heteroatoms. The zero-order valence-electron chi connectivity index (χ0n) is 5.46. The van der Waals surface area contributed by atoms with Crippen LogP contribution in [0, 0.1) is 0 Å². The monoisotopic (exact) mass is 170 g/mol. The number of allylic oxidation sites excluding steroid dienone is 3. The molecule has 0 radical (unpaired) electrons. The van der Waals surface area contributed by atoms with Crippen molar-refractivity contribution >= 4 is 11.6 Å². The molecule has 1 atom stereocenters. The fraction of sp³-hybridized carbons (Fsp3) is 0.143. The Hall–Kier alpha value is -0.960. The standard InChI is InChI=1S/C7H4ClFN2/c8-5-2-7-4(1-6(5)9)3-10-11-7/h1-3,5H/t5-/m0/s1. The number of hydrogen-bond acceptors (Lipinski definition) is 2. The lowest BCUT2D eigenvalue weighted by Crippen LogP contribution is -2.01. The van der Waals surface area contributed by atoms with Gasteiger partial charge in [0.05, 0.1) is 11.9 Å². The van der Waals surface area contributed by atoms with E-state index in [1.165, 1.54) is 12.3 Å². The van der Waals surface area contributed by atoms with E-state index in [2.05, 4.69) is 10.2 Å². The minimum absolute atomic E-state index is 0.353. The quantitative estimate of drug-likeness (QED) is 0.500. The minimum atomic E-state index is -0.681. The fourth-order valence-electron chi connectivity index (χ4n) is 0.964. The molecule has 0 spiro atoms. The first-order valence-electron chi connectivity index (χ1n) is 3.12. The van der Waals surface area contributed by atoms with Crippen LogP contribution in [0.25, 0.3) is 0 Å². The van der Waals surface area contributed by atoms with Crippen molar-refractivity contribution in [3.8, 4) is 0 Å². The Morgan fingerprint density at radius 2 is 2.36 bits per heavy atom. The molecule has 0 bridgehead atoms. The molecule has 0 aromatic rings. The maximum absolute atomic E-state index is 12.8. The molecule has 0 saturated carbocycles. The molecule has 1 aliphatic carbocycles. The molecule has 0 aromatic carbocycles. The first-order chi connectivity index (χ1) is 5.27. The largest absolute Gasteiger partial charge is 0.210 e. The van der Waals surface area contributed by atoms with Gasteiger partial charge in [-0.05, 0) is 12.2 Å². The van der Waals surface area contributed by atoms with E-state index in [4.69, 9.17) is 11.6 Å². The Morgan fingerprint density at radius 1 is 1.55 bits per heavy atom. The van der Waals surface area contributed by atoms with Crippen LogP contribution in [0.2, 0.25) is 0 Å². The minimum Gasteiger partial charge on any atom is -0.210 e.